The summed E-state index contributed by atoms with van der Waals surface area (Å²) >= 11 is 1.50. The van der Waals surface area contributed by atoms with E-state index in [1.165, 1.54) is 34.2 Å². The van der Waals surface area contributed by atoms with Crippen LogP contribution in [0, 0.1) is 11.6 Å². The first kappa shape index (κ1) is 21.7. The van der Waals surface area contributed by atoms with E-state index in [9.17, 15) is 18.4 Å². The molecule has 0 aliphatic rings. The van der Waals surface area contributed by atoms with Crippen molar-refractivity contribution in [2.24, 2.45) is 0 Å². The molecule has 5 aromatic rings. The number of carbonyl (C=O) groups is 1. The Morgan fingerprint density at radius 1 is 1.09 bits per heavy atom. The highest BCUT2D eigenvalue weighted by molar-refractivity contribution is 7.15. The van der Waals surface area contributed by atoms with Gasteiger partial charge in [0.05, 0.1) is 13.1 Å². The summed E-state index contributed by atoms with van der Waals surface area (Å²) in [5.41, 5.74) is 2.25. The zero-order valence-corrected chi connectivity index (χ0v) is 18.4. The molecule has 0 aliphatic heterocycles. The maximum atomic E-state index is 13.5. The maximum absolute atomic E-state index is 13.5. The van der Waals surface area contributed by atoms with E-state index >= 15 is 0 Å². The zero-order valence-electron chi connectivity index (χ0n) is 17.6. The van der Waals surface area contributed by atoms with Crippen LogP contribution >= 0.6 is 11.3 Å². The van der Waals surface area contributed by atoms with Crippen LogP contribution in [0.1, 0.15) is 20.8 Å². The van der Waals surface area contributed by atoms with Gasteiger partial charge in [0.15, 0.2) is 17.3 Å². The smallest absolute Gasteiger partial charge is 0.263 e. The largest absolute Gasteiger partial charge is 0.347 e. The number of benzene rings is 1. The molecular formula is C24H17F2N5O2S. The third-order valence-electron chi connectivity index (χ3n) is 5.26. The monoisotopic (exact) mass is 477 g/mol. The third-order valence-corrected chi connectivity index (χ3v) is 6.38. The van der Waals surface area contributed by atoms with Crippen molar-refractivity contribution in [2.75, 3.05) is 0 Å². The molecule has 0 fully saturated rings. The lowest BCUT2D eigenvalue weighted by atomic mass is 10.2. The van der Waals surface area contributed by atoms with Gasteiger partial charge in [0, 0.05) is 40.1 Å². The molecule has 5 rings (SSSR count). The molecule has 7 nitrogen and oxygen atoms in total. The highest BCUT2D eigenvalue weighted by Crippen LogP contribution is 2.32. The van der Waals surface area contributed by atoms with Gasteiger partial charge < -0.3 is 14.9 Å². The number of pyridine rings is 1. The molecule has 1 amide bonds. The second-order valence-corrected chi connectivity index (χ2v) is 8.68. The minimum absolute atomic E-state index is 0.0128. The number of amides is 1. The van der Waals surface area contributed by atoms with Crippen molar-refractivity contribution >= 4 is 28.4 Å². The third kappa shape index (κ3) is 4.23. The Bertz CT molecular complexity index is 1570. The minimum atomic E-state index is -0.991. The van der Waals surface area contributed by atoms with Crippen LogP contribution in [0.15, 0.2) is 72.0 Å². The number of fused-ring (bicyclic) bond motifs is 1. The Morgan fingerprint density at radius 3 is 2.79 bits per heavy atom. The first-order valence-corrected chi connectivity index (χ1v) is 11.1. The van der Waals surface area contributed by atoms with E-state index in [0.29, 0.717) is 11.2 Å². The molecule has 0 bridgehead atoms. The highest BCUT2D eigenvalue weighted by Gasteiger charge is 2.14. The van der Waals surface area contributed by atoms with E-state index < -0.39 is 23.1 Å². The summed E-state index contributed by atoms with van der Waals surface area (Å²) in [7, 11) is 0. The Balaban J connectivity index is 1.29. The SMILES string of the molecule is O=C(NCc1ccc(-c2c[nH]c3nccnc23)s1)c1cccn(Cc2ccc(F)c(F)c2)c1=O. The second-order valence-electron chi connectivity index (χ2n) is 7.51. The van der Waals surface area contributed by atoms with Crippen LogP contribution in [0.3, 0.4) is 0 Å². The van der Waals surface area contributed by atoms with Gasteiger partial charge in [-0.25, -0.2) is 13.8 Å². The predicted octanol–water partition coefficient (Wildman–Crippen LogP) is 4.10. The predicted molar refractivity (Wildman–Crippen MR) is 125 cm³/mol. The van der Waals surface area contributed by atoms with Gasteiger partial charge in [0.1, 0.15) is 11.1 Å². The molecule has 10 heteroatoms. The van der Waals surface area contributed by atoms with E-state index in [1.54, 1.807) is 18.5 Å². The zero-order chi connectivity index (χ0) is 23.7. The van der Waals surface area contributed by atoms with E-state index in [2.05, 4.69) is 20.3 Å². The van der Waals surface area contributed by atoms with E-state index in [0.717, 1.165) is 33.0 Å². The van der Waals surface area contributed by atoms with E-state index in [4.69, 9.17) is 0 Å². The van der Waals surface area contributed by atoms with Crippen LogP contribution in [-0.4, -0.2) is 25.4 Å². The van der Waals surface area contributed by atoms with Crippen molar-refractivity contribution in [3.63, 3.8) is 0 Å². The Kier molecular flexibility index (Phi) is 5.72. The number of H-pyrrole nitrogens is 1. The number of rotatable bonds is 6. The van der Waals surface area contributed by atoms with Crippen LogP contribution in [0.4, 0.5) is 8.78 Å². The van der Waals surface area contributed by atoms with E-state index in [-0.39, 0.29) is 18.7 Å². The van der Waals surface area contributed by atoms with Gasteiger partial charge in [-0.15, -0.1) is 11.3 Å². The summed E-state index contributed by atoms with van der Waals surface area (Å²) in [4.78, 5) is 39.1. The standard InChI is InChI=1S/C24H17F2N5O2S/c25-18-5-3-14(10-19(18)26)13-31-9-1-2-16(24(31)33)23(32)30-11-15-4-6-20(34-15)17-12-29-22-21(17)27-7-8-28-22/h1-10,12H,11,13H2,(H,28,29)(H,30,32). The summed E-state index contributed by atoms with van der Waals surface area (Å²) in [6, 6.07) is 10.3. The lowest BCUT2D eigenvalue weighted by Crippen LogP contribution is -2.32. The first-order valence-electron chi connectivity index (χ1n) is 10.3. The normalized spacial score (nSPS) is 11.1. The number of nitrogens with zero attached hydrogens (tertiary/aromatic N) is 3. The Hall–Kier alpha value is -4.18. The quantitative estimate of drug-likeness (QED) is 0.385. The topological polar surface area (TPSA) is 92.7 Å². The maximum Gasteiger partial charge on any atom is 0.263 e. The summed E-state index contributed by atoms with van der Waals surface area (Å²) < 4.78 is 27.9. The fraction of sp³-hybridized carbons (Fsp3) is 0.0833. The van der Waals surface area contributed by atoms with Crippen molar-refractivity contribution in [2.45, 2.75) is 13.1 Å². The molecule has 4 aromatic heterocycles. The van der Waals surface area contributed by atoms with Gasteiger partial charge in [-0.1, -0.05) is 6.07 Å². The molecule has 0 saturated heterocycles. The van der Waals surface area contributed by atoms with E-state index in [1.807, 2.05) is 18.3 Å². The molecule has 0 unspecified atom stereocenters. The van der Waals surface area contributed by atoms with Crippen LogP contribution in [0.5, 0.6) is 0 Å². The number of hydrogen-bond acceptors (Lipinski definition) is 5. The number of aromatic amines is 1. The molecule has 34 heavy (non-hydrogen) atoms. The molecule has 0 radical (unpaired) electrons. The molecule has 170 valence electrons. The van der Waals surface area contributed by atoms with Gasteiger partial charge >= 0.3 is 0 Å². The van der Waals surface area contributed by atoms with Crippen LogP contribution in [-0.2, 0) is 13.1 Å². The summed E-state index contributed by atoms with van der Waals surface area (Å²) in [5, 5.41) is 2.77. The van der Waals surface area contributed by atoms with Crippen molar-refractivity contribution in [1.29, 1.82) is 0 Å². The fourth-order valence-corrected chi connectivity index (χ4v) is 4.55. The number of thiophene rings is 1. The number of hydrogen-bond donors (Lipinski definition) is 2. The number of halogens is 2. The van der Waals surface area contributed by atoms with Crippen molar-refractivity contribution < 1.29 is 13.6 Å². The van der Waals surface area contributed by atoms with Crippen molar-refractivity contribution in [3.8, 4) is 10.4 Å². The fourth-order valence-electron chi connectivity index (χ4n) is 3.59. The molecule has 1 aromatic carbocycles. The van der Waals surface area contributed by atoms with Crippen LogP contribution < -0.4 is 10.9 Å². The first-order chi connectivity index (χ1) is 16.5. The molecular weight excluding hydrogens is 460 g/mol. The van der Waals surface area contributed by atoms with Gasteiger partial charge in [-0.05, 0) is 42.0 Å². The molecule has 2 N–H and O–H groups in total. The molecule has 4 heterocycles. The Morgan fingerprint density at radius 2 is 1.94 bits per heavy atom. The van der Waals surface area contributed by atoms with Gasteiger partial charge in [0.2, 0.25) is 0 Å². The number of nitrogens with one attached hydrogen (secondary N) is 2. The van der Waals surface area contributed by atoms with Crippen molar-refractivity contribution in [1.82, 2.24) is 24.8 Å². The highest BCUT2D eigenvalue weighted by atomic mass is 32.1. The summed E-state index contributed by atoms with van der Waals surface area (Å²) in [6.07, 6.45) is 6.59. The average molecular weight is 477 g/mol. The lowest BCUT2D eigenvalue weighted by molar-refractivity contribution is 0.0949. The lowest BCUT2D eigenvalue weighted by Gasteiger charge is -2.09. The van der Waals surface area contributed by atoms with Gasteiger partial charge in [-0.2, -0.15) is 0 Å². The van der Waals surface area contributed by atoms with Crippen LogP contribution in [0.2, 0.25) is 0 Å². The number of carbonyl (C=O) groups excluding carboxylic acids is 1. The van der Waals surface area contributed by atoms with Gasteiger partial charge in [0.25, 0.3) is 11.5 Å². The number of aromatic nitrogens is 4. The molecule has 0 atom stereocenters. The molecule has 0 aliphatic carbocycles. The average Bonchev–Trinajstić information content (AvgIpc) is 3.48. The van der Waals surface area contributed by atoms with Crippen molar-refractivity contribution in [3.05, 3.63) is 105 Å². The second kappa shape index (κ2) is 8.99. The summed E-state index contributed by atoms with van der Waals surface area (Å²) in [6.45, 7) is 0.258. The minimum Gasteiger partial charge on any atom is -0.347 e. The molecule has 0 spiro atoms. The van der Waals surface area contributed by atoms with Crippen LogP contribution in [0.25, 0.3) is 21.6 Å². The molecule has 0 saturated carbocycles. The summed E-state index contributed by atoms with van der Waals surface area (Å²) in [5.74, 6) is -2.47. The van der Waals surface area contributed by atoms with Gasteiger partial charge in [-0.3, -0.25) is 14.6 Å². The Labute approximate surface area is 195 Å².